The molecule has 2 N–H and O–H groups in total. The van der Waals surface area contributed by atoms with E-state index in [2.05, 4.69) is 9.44 Å². The number of amides is 1. The molecule has 4 rings (SSSR count). The van der Waals surface area contributed by atoms with Crippen LogP contribution in [0.4, 0.5) is 8.78 Å². The second-order valence-corrected chi connectivity index (χ2v) is 8.47. The van der Waals surface area contributed by atoms with Gasteiger partial charge in [0.2, 0.25) is 5.91 Å². The van der Waals surface area contributed by atoms with E-state index in [9.17, 15) is 13.6 Å². The SMILES string of the molecule is CNSNC[C@@H]1CN(C(=O)[C@@H]2C[C@H]2c2ccccc2-c2c(F)cccc2F)CCO1. The molecule has 0 bridgehead atoms. The maximum atomic E-state index is 14.4. The molecule has 1 aliphatic carbocycles. The highest BCUT2D eigenvalue weighted by Gasteiger charge is 2.47. The number of nitrogens with one attached hydrogen (secondary N) is 2. The molecule has 0 spiro atoms. The van der Waals surface area contributed by atoms with Gasteiger partial charge in [-0.15, -0.1) is 0 Å². The van der Waals surface area contributed by atoms with Gasteiger partial charge in [0.25, 0.3) is 0 Å². The molecule has 1 amide bonds. The van der Waals surface area contributed by atoms with E-state index < -0.39 is 11.6 Å². The molecule has 2 aromatic carbocycles. The summed E-state index contributed by atoms with van der Waals surface area (Å²) in [5.74, 6) is -1.26. The summed E-state index contributed by atoms with van der Waals surface area (Å²) in [6, 6.07) is 11.1. The number of morpholine rings is 1. The van der Waals surface area contributed by atoms with Crippen molar-refractivity contribution in [1.82, 2.24) is 14.3 Å². The van der Waals surface area contributed by atoms with Crippen LogP contribution in [0, 0.1) is 17.6 Å². The van der Waals surface area contributed by atoms with Gasteiger partial charge in [-0.3, -0.25) is 9.52 Å². The first-order chi connectivity index (χ1) is 14.6. The van der Waals surface area contributed by atoms with E-state index in [1.54, 1.807) is 12.1 Å². The Morgan fingerprint density at radius 3 is 2.73 bits per heavy atom. The van der Waals surface area contributed by atoms with Crippen molar-refractivity contribution < 1.29 is 18.3 Å². The topological polar surface area (TPSA) is 53.6 Å². The molecule has 30 heavy (non-hydrogen) atoms. The summed E-state index contributed by atoms with van der Waals surface area (Å²) in [6.07, 6.45) is 0.641. The molecule has 1 aliphatic heterocycles. The number of benzene rings is 2. The summed E-state index contributed by atoms with van der Waals surface area (Å²) in [5.41, 5.74) is 1.34. The molecule has 0 unspecified atom stereocenters. The Kier molecular flexibility index (Phi) is 6.67. The van der Waals surface area contributed by atoms with Crippen LogP contribution in [-0.2, 0) is 9.53 Å². The minimum absolute atomic E-state index is 0.0213. The lowest BCUT2D eigenvalue weighted by Crippen LogP contribution is -2.49. The molecule has 1 saturated heterocycles. The standard InChI is InChI=1S/C22H25F2N3O2S/c1-25-30-26-12-14-13-27(9-10-29-14)22(28)18-11-17(18)15-5-2-3-6-16(15)21-19(23)7-4-8-20(21)24/h2-8,14,17-18,25-26H,9-13H2,1H3/t14-,17+,18-/m1/s1. The lowest BCUT2D eigenvalue weighted by molar-refractivity contribution is -0.139. The molecular formula is C22H25F2N3O2S. The first-order valence-electron chi connectivity index (χ1n) is 10.1. The normalized spacial score (nSPS) is 23.4. The minimum Gasteiger partial charge on any atom is -0.373 e. The highest BCUT2D eigenvalue weighted by Crippen LogP contribution is 2.51. The van der Waals surface area contributed by atoms with Crippen molar-refractivity contribution >= 4 is 18.0 Å². The van der Waals surface area contributed by atoms with Crippen LogP contribution >= 0.6 is 12.1 Å². The van der Waals surface area contributed by atoms with Gasteiger partial charge in [0.1, 0.15) is 11.6 Å². The Bertz CT molecular complexity index is 893. The van der Waals surface area contributed by atoms with Crippen LogP contribution < -0.4 is 9.44 Å². The summed E-state index contributed by atoms with van der Waals surface area (Å²) in [7, 11) is 1.83. The van der Waals surface area contributed by atoms with Crippen LogP contribution in [0.1, 0.15) is 17.9 Å². The third-order valence-electron chi connectivity index (χ3n) is 5.64. The van der Waals surface area contributed by atoms with E-state index in [1.807, 2.05) is 24.1 Å². The van der Waals surface area contributed by atoms with Crippen molar-refractivity contribution in [3.05, 3.63) is 59.7 Å². The highest BCUT2D eigenvalue weighted by atomic mass is 32.2. The summed E-state index contributed by atoms with van der Waals surface area (Å²) >= 11 is 1.38. The number of hydrogen-bond acceptors (Lipinski definition) is 5. The molecule has 0 radical (unpaired) electrons. The molecule has 1 saturated carbocycles. The molecule has 3 atom stereocenters. The zero-order valence-electron chi connectivity index (χ0n) is 16.7. The van der Waals surface area contributed by atoms with E-state index in [0.717, 1.165) is 5.56 Å². The number of carbonyl (C=O) groups excluding carboxylic acids is 1. The Labute approximate surface area is 179 Å². The molecular weight excluding hydrogens is 408 g/mol. The van der Waals surface area contributed by atoms with Crippen LogP contribution in [-0.4, -0.2) is 50.2 Å². The van der Waals surface area contributed by atoms with Crippen molar-refractivity contribution in [3.63, 3.8) is 0 Å². The molecule has 5 nitrogen and oxygen atoms in total. The van der Waals surface area contributed by atoms with Gasteiger partial charge in [-0.05, 0) is 42.6 Å². The molecule has 2 aromatic rings. The number of nitrogens with zero attached hydrogens (tertiary/aromatic N) is 1. The molecule has 2 fully saturated rings. The summed E-state index contributed by atoms with van der Waals surface area (Å²) in [6.45, 7) is 2.26. The molecule has 8 heteroatoms. The fourth-order valence-corrected chi connectivity index (χ4v) is 4.51. The van der Waals surface area contributed by atoms with E-state index in [-0.39, 0.29) is 29.4 Å². The third-order valence-corrected chi connectivity index (χ3v) is 6.15. The van der Waals surface area contributed by atoms with Crippen LogP contribution in [0.2, 0.25) is 0 Å². The molecule has 1 heterocycles. The number of halogens is 2. The predicted octanol–water partition coefficient (Wildman–Crippen LogP) is 3.33. The first kappa shape index (κ1) is 21.2. The van der Waals surface area contributed by atoms with Crippen LogP contribution in [0.15, 0.2) is 42.5 Å². The highest BCUT2D eigenvalue weighted by molar-refractivity contribution is 7.95. The van der Waals surface area contributed by atoms with Gasteiger partial charge in [-0.1, -0.05) is 30.3 Å². The minimum atomic E-state index is -0.589. The lowest BCUT2D eigenvalue weighted by atomic mass is 9.95. The van der Waals surface area contributed by atoms with Crippen molar-refractivity contribution in [3.8, 4) is 11.1 Å². The second kappa shape index (κ2) is 9.43. The van der Waals surface area contributed by atoms with Gasteiger partial charge in [0.05, 0.1) is 18.3 Å². The van der Waals surface area contributed by atoms with Crippen molar-refractivity contribution in [1.29, 1.82) is 0 Å². The zero-order chi connectivity index (χ0) is 21.1. The van der Waals surface area contributed by atoms with Crippen LogP contribution in [0.25, 0.3) is 11.1 Å². The van der Waals surface area contributed by atoms with Crippen molar-refractivity contribution in [2.75, 3.05) is 33.3 Å². The number of carbonyl (C=O) groups is 1. The van der Waals surface area contributed by atoms with Gasteiger partial charge in [0.15, 0.2) is 0 Å². The second-order valence-electron chi connectivity index (χ2n) is 7.56. The third kappa shape index (κ3) is 4.51. The Morgan fingerprint density at radius 1 is 1.20 bits per heavy atom. The largest absolute Gasteiger partial charge is 0.373 e. The fraction of sp³-hybridized carbons (Fsp3) is 0.409. The number of hydrogen-bond donors (Lipinski definition) is 2. The van der Waals surface area contributed by atoms with E-state index in [1.165, 1.54) is 30.3 Å². The van der Waals surface area contributed by atoms with Gasteiger partial charge in [-0.2, -0.15) is 0 Å². The van der Waals surface area contributed by atoms with Crippen molar-refractivity contribution in [2.24, 2.45) is 5.92 Å². The monoisotopic (exact) mass is 433 g/mol. The van der Waals surface area contributed by atoms with Gasteiger partial charge < -0.3 is 9.64 Å². The van der Waals surface area contributed by atoms with Gasteiger partial charge in [-0.25, -0.2) is 13.5 Å². The Morgan fingerprint density at radius 2 is 1.97 bits per heavy atom. The van der Waals surface area contributed by atoms with E-state index in [4.69, 9.17) is 4.74 Å². The smallest absolute Gasteiger partial charge is 0.226 e. The maximum Gasteiger partial charge on any atom is 0.226 e. The quantitative estimate of drug-likeness (QED) is 0.518. The molecule has 160 valence electrons. The fourth-order valence-electron chi connectivity index (χ4n) is 4.10. The van der Waals surface area contributed by atoms with Gasteiger partial charge in [0, 0.05) is 37.7 Å². The summed E-state index contributed by atoms with van der Waals surface area (Å²) in [5, 5.41) is 0. The Hall–Kier alpha value is -2.00. The predicted molar refractivity (Wildman–Crippen MR) is 114 cm³/mol. The first-order valence-corrected chi connectivity index (χ1v) is 10.9. The summed E-state index contributed by atoms with van der Waals surface area (Å²) in [4.78, 5) is 14.9. The summed E-state index contributed by atoms with van der Waals surface area (Å²) < 4.78 is 40.6. The van der Waals surface area contributed by atoms with Crippen LogP contribution in [0.3, 0.4) is 0 Å². The molecule has 0 aromatic heterocycles. The van der Waals surface area contributed by atoms with E-state index in [0.29, 0.717) is 38.2 Å². The maximum absolute atomic E-state index is 14.4. The average molecular weight is 434 g/mol. The average Bonchev–Trinajstić information content (AvgIpc) is 3.55. The Balaban J connectivity index is 1.47. The van der Waals surface area contributed by atoms with Crippen molar-refractivity contribution in [2.45, 2.75) is 18.4 Å². The van der Waals surface area contributed by atoms with Crippen LogP contribution in [0.5, 0.6) is 0 Å². The lowest BCUT2D eigenvalue weighted by Gasteiger charge is -2.33. The van der Waals surface area contributed by atoms with E-state index >= 15 is 0 Å². The van der Waals surface area contributed by atoms with Gasteiger partial charge >= 0.3 is 0 Å². The number of ether oxygens (including phenoxy) is 1. The zero-order valence-corrected chi connectivity index (χ0v) is 17.6. The molecule has 2 aliphatic rings. The number of rotatable bonds is 7.